The third-order valence-electron chi connectivity index (χ3n) is 6.57. The van der Waals surface area contributed by atoms with E-state index in [2.05, 4.69) is 16.0 Å². The van der Waals surface area contributed by atoms with Gasteiger partial charge in [0.2, 0.25) is 11.8 Å². The summed E-state index contributed by atoms with van der Waals surface area (Å²) >= 11 is 0. The quantitative estimate of drug-likeness (QED) is 0.690. The molecule has 168 valence electrons. The molecule has 3 amide bonds. The maximum Gasteiger partial charge on any atom is 0.255 e. The number of aryl methyl sites for hydroxylation is 2. The van der Waals surface area contributed by atoms with E-state index in [0.29, 0.717) is 31.5 Å². The second-order valence-electron chi connectivity index (χ2n) is 8.87. The molecule has 7 nitrogen and oxygen atoms in total. The minimum absolute atomic E-state index is 0.0773. The number of hydrogen-bond acceptors (Lipinski definition) is 4. The predicted octanol–water partition coefficient (Wildman–Crippen LogP) is 2.87. The highest BCUT2D eigenvalue weighted by molar-refractivity contribution is 6.02. The number of carbonyl (C=O) groups excluding carboxylic acids is 3. The molecule has 1 saturated heterocycles. The van der Waals surface area contributed by atoms with E-state index in [9.17, 15) is 14.4 Å². The summed E-state index contributed by atoms with van der Waals surface area (Å²) in [4.78, 5) is 40.1. The molecule has 1 spiro atoms. The van der Waals surface area contributed by atoms with Gasteiger partial charge in [0.25, 0.3) is 5.91 Å². The highest BCUT2D eigenvalue weighted by Gasteiger charge is 2.41. The van der Waals surface area contributed by atoms with Crippen LogP contribution in [0.5, 0.6) is 0 Å². The Morgan fingerprint density at radius 1 is 1.12 bits per heavy atom. The predicted molar refractivity (Wildman–Crippen MR) is 123 cm³/mol. The Bertz CT molecular complexity index is 1070. The Balaban J connectivity index is 1.44. The average Bonchev–Trinajstić information content (AvgIpc) is 2.91. The van der Waals surface area contributed by atoms with E-state index in [1.807, 2.05) is 56.3 Å². The molecule has 2 aromatic carbocycles. The van der Waals surface area contributed by atoms with Crippen molar-refractivity contribution in [2.75, 3.05) is 11.9 Å². The van der Waals surface area contributed by atoms with Crippen molar-refractivity contribution in [3.63, 3.8) is 0 Å². The number of nitrogens with zero attached hydrogens (tertiary/aromatic N) is 1. The van der Waals surface area contributed by atoms with Crippen LogP contribution in [0.3, 0.4) is 0 Å². The standard InChI is InChI=1S/C25H30N4O3/c1-16-8-9-20-21(14-16)27-25(28-24(20)32)11-10-22(30)29(13-12-25)18(3)23(31)26-15-19-7-5-4-6-17(19)2/h4-9,14,18,27H,10-13,15H2,1-3H3,(H,26,31)(H,28,32)/t18-,25-/m0/s1. The molecule has 3 N–H and O–H groups in total. The van der Waals surface area contributed by atoms with Crippen LogP contribution in [0.2, 0.25) is 0 Å². The van der Waals surface area contributed by atoms with Gasteiger partial charge in [-0.3, -0.25) is 14.4 Å². The summed E-state index contributed by atoms with van der Waals surface area (Å²) in [5.74, 6) is -0.394. The molecule has 0 radical (unpaired) electrons. The van der Waals surface area contributed by atoms with Crippen LogP contribution in [0.25, 0.3) is 0 Å². The smallest absolute Gasteiger partial charge is 0.255 e. The lowest BCUT2D eigenvalue weighted by atomic mass is 9.94. The molecular weight excluding hydrogens is 404 g/mol. The summed E-state index contributed by atoms with van der Waals surface area (Å²) in [5.41, 5.74) is 3.93. The number of nitrogens with one attached hydrogen (secondary N) is 3. The fraction of sp³-hybridized carbons (Fsp3) is 0.400. The average molecular weight is 435 g/mol. The van der Waals surface area contributed by atoms with Gasteiger partial charge in [-0.2, -0.15) is 0 Å². The third kappa shape index (κ3) is 4.33. The Labute approximate surface area is 188 Å². The first-order valence-corrected chi connectivity index (χ1v) is 11.1. The van der Waals surface area contributed by atoms with Crippen molar-refractivity contribution in [3.05, 3.63) is 64.7 Å². The lowest BCUT2D eigenvalue weighted by Crippen LogP contribution is -2.58. The lowest BCUT2D eigenvalue weighted by molar-refractivity contribution is -0.139. The number of rotatable bonds is 4. The Morgan fingerprint density at radius 2 is 1.91 bits per heavy atom. The molecule has 2 aliphatic rings. The summed E-state index contributed by atoms with van der Waals surface area (Å²) in [7, 11) is 0. The molecule has 7 heteroatoms. The van der Waals surface area contributed by atoms with Crippen molar-refractivity contribution >= 4 is 23.4 Å². The monoisotopic (exact) mass is 434 g/mol. The van der Waals surface area contributed by atoms with Crippen LogP contribution < -0.4 is 16.0 Å². The van der Waals surface area contributed by atoms with Gasteiger partial charge < -0.3 is 20.9 Å². The van der Waals surface area contributed by atoms with Crippen LogP contribution in [-0.4, -0.2) is 40.9 Å². The van der Waals surface area contributed by atoms with Crippen molar-refractivity contribution in [1.82, 2.24) is 15.5 Å². The second kappa shape index (κ2) is 8.65. The van der Waals surface area contributed by atoms with Crippen LogP contribution in [0, 0.1) is 13.8 Å². The summed E-state index contributed by atoms with van der Waals surface area (Å²) in [6.07, 6.45) is 1.25. The van der Waals surface area contributed by atoms with Gasteiger partial charge in [0.05, 0.1) is 5.56 Å². The first-order valence-electron chi connectivity index (χ1n) is 11.1. The topological polar surface area (TPSA) is 90.5 Å². The van der Waals surface area contributed by atoms with Gasteiger partial charge in [0.1, 0.15) is 11.7 Å². The van der Waals surface area contributed by atoms with Crippen LogP contribution >= 0.6 is 0 Å². The Hall–Kier alpha value is -3.35. The largest absolute Gasteiger partial charge is 0.362 e. The normalized spacial score (nSPS) is 21.3. The van der Waals surface area contributed by atoms with Crippen molar-refractivity contribution in [2.45, 2.75) is 58.3 Å². The van der Waals surface area contributed by atoms with Crippen molar-refractivity contribution in [3.8, 4) is 0 Å². The van der Waals surface area contributed by atoms with Crippen LogP contribution in [-0.2, 0) is 16.1 Å². The van der Waals surface area contributed by atoms with E-state index >= 15 is 0 Å². The summed E-state index contributed by atoms with van der Waals surface area (Å²) in [6.45, 7) is 6.56. The molecule has 0 saturated carbocycles. The number of amides is 3. The molecule has 1 fully saturated rings. The number of carbonyl (C=O) groups is 3. The van der Waals surface area contributed by atoms with Crippen LogP contribution in [0.1, 0.15) is 53.2 Å². The van der Waals surface area contributed by atoms with Gasteiger partial charge in [-0.05, 0) is 56.0 Å². The van der Waals surface area contributed by atoms with Gasteiger partial charge in [-0.1, -0.05) is 30.3 Å². The molecule has 2 aliphatic heterocycles. The van der Waals surface area contributed by atoms with E-state index in [-0.39, 0.29) is 24.1 Å². The number of hydrogen-bond donors (Lipinski definition) is 3. The van der Waals surface area contributed by atoms with Gasteiger partial charge in [-0.25, -0.2) is 0 Å². The maximum atomic E-state index is 12.9. The van der Waals surface area contributed by atoms with Gasteiger partial charge >= 0.3 is 0 Å². The molecule has 4 rings (SSSR count). The fourth-order valence-electron chi connectivity index (χ4n) is 4.50. The SMILES string of the molecule is Cc1ccc2c(c1)N[C@@]1(CCC(=O)N([C@@H](C)C(=O)NCc3ccccc3C)CC1)NC2=O. The molecule has 0 aliphatic carbocycles. The van der Waals surface area contributed by atoms with Crippen molar-refractivity contribution in [1.29, 1.82) is 0 Å². The third-order valence-corrected chi connectivity index (χ3v) is 6.57. The summed E-state index contributed by atoms with van der Waals surface area (Å²) < 4.78 is 0. The zero-order valence-electron chi connectivity index (χ0n) is 18.8. The molecule has 2 aromatic rings. The minimum Gasteiger partial charge on any atom is -0.362 e. The van der Waals surface area contributed by atoms with E-state index in [1.165, 1.54) is 0 Å². The van der Waals surface area contributed by atoms with E-state index in [4.69, 9.17) is 0 Å². The van der Waals surface area contributed by atoms with Gasteiger partial charge in [0, 0.05) is 31.6 Å². The van der Waals surface area contributed by atoms with Crippen LogP contribution in [0.4, 0.5) is 5.69 Å². The van der Waals surface area contributed by atoms with E-state index in [1.54, 1.807) is 11.8 Å². The van der Waals surface area contributed by atoms with Gasteiger partial charge in [0.15, 0.2) is 0 Å². The van der Waals surface area contributed by atoms with Crippen molar-refractivity contribution < 1.29 is 14.4 Å². The molecule has 0 bridgehead atoms. The Kier molecular flexibility index (Phi) is 5.91. The highest BCUT2D eigenvalue weighted by atomic mass is 16.2. The fourth-order valence-corrected chi connectivity index (χ4v) is 4.50. The zero-order valence-corrected chi connectivity index (χ0v) is 18.8. The first-order chi connectivity index (χ1) is 15.3. The number of fused-ring (bicyclic) bond motifs is 1. The van der Waals surface area contributed by atoms with Crippen molar-refractivity contribution in [2.24, 2.45) is 0 Å². The number of anilines is 1. The minimum atomic E-state index is -0.695. The molecule has 2 heterocycles. The van der Waals surface area contributed by atoms with Gasteiger partial charge in [-0.15, -0.1) is 0 Å². The van der Waals surface area contributed by atoms with Crippen LogP contribution in [0.15, 0.2) is 42.5 Å². The van der Waals surface area contributed by atoms with E-state index in [0.717, 1.165) is 22.4 Å². The number of likely N-dealkylation sites (tertiary alicyclic amines) is 1. The second-order valence-corrected chi connectivity index (χ2v) is 8.87. The summed E-state index contributed by atoms with van der Waals surface area (Å²) in [5, 5.41) is 9.51. The number of benzene rings is 2. The Morgan fingerprint density at radius 3 is 2.69 bits per heavy atom. The lowest BCUT2D eigenvalue weighted by Gasteiger charge is -2.40. The summed E-state index contributed by atoms with van der Waals surface area (Å²) in [6, 6.07) is 13.0. The van der Waals surface area contributed by atoms with E-state index < -0.39 is 11.7 Å². The highest BCUT2D eigenvalue weighted by Crippen LogP contribution is 2.32. The zero-order chi connectivity index (χ0) is 22.9. The maximum absolute atomic E-state index is 12.9. The molecule has 0 unspecified atom stereocenters. The molecule has 32 heavy (non-hydrogen) atoms. The molecule has 0 aromatic heterocycles. The molecular formula is C25H30N4O3. The first kappa shape index (κ1) is 21.9. The molecule has 2 atom stereocenters.